The summed E-state index contributed by atoms with van der Waals surface area (Å²) in [7, 11) is -3.33. The normalized spacial score (nSPS) is 15.7. The molecule has 0 saturated carbocycles. The lowest BCUT2D eigenvalue weighted by Gasteiger charge is -2.36. The molecule has 3 rings (SSSR count). The molecule has 1 aliphatic heterocycles. The van der Waals surface area contributed by atoms with Gasteiger partial charge in [0.1, 0.15) is 0 Å². The maximum absolute atomic E-state index is 12.5. The third-order valence-electron chi connectivity index (χ3n) is 4.90. The minimum atomic E-state index is -3.33. The summed E-state index contributed by atoms with van der Waals surface area (Å²) in [6.07, 6.45) is 0. The van der Waals surface area contributed by atoms with Crippen LogP contribution < -0.4 is 10.6 Å². The highest BCUT2D eigenvalue weighted by Gasteiger charge is 2.21. The van der Waals surface area contributed by atoms with Gasteiger partial charge < -0.3 is 10.6 Å². The lowest BCUT2D eigenvalue weighted by molar-refractivity contribution is 0.101. The molecule has 0 unspecified atom stereocenters. The molecule has 1 aliphatic rings. The molecule has 6 nitrogen and oxygen atoms in total. The van der Waals surface area contributed by atoms with E-state index >= 15 is 0 Å². The molecule has 0 spiro atoms. The summed E-state index contributed by atoms with van der Waals surface area (Å²) >= 11 is 0. The summed E-state index contributed by atoms with van der Waals surface area (Å²) in [6.45, 7) is 5.34. The third kappa shape index (κ3) is 4.87. The van der Waals surface area contributed by atoms with Gasteiger partial charge in [0.15, 0.2) is 15.6 Å². The Hall–Kier alpha value is -2.38. The van der Waals surface area contributed by atoms with Gasteiger partial charge in [-0.25, -0.2) is 8.42 Å². The van der Waals surface area contributed by atoms with Crippen molar-refractivity contribution in [2.45, 2.75) is 11.8 Å². The number of ketones is 1. The van der Waals surface area contributed by atoms with Crippen LogP contribution in [0.4, 0.5) is 11.4 Å². The topological polar surface area (TPSA) is 83.7 Å². The molecule has 144 valence electrons. The number of carbonyl (C=O) groups excluding carboxylic acids is 1. The standard InChI is InChI=1S/C20H25N3O3S/c1-16(24)17-5-7-19(8-6-17)23-11-9-22(10-12-23)13-14-27(25,26)20-4-2-3-18(21)15-20/h2-8,15H,9-14,21H2,1H3. The summed E-state index contributed by atoms with van der Waals surface area (Å²) in [5.74, 6) is 0.150. The molecule has 2 N–H and O–H groups in total. The molecule has 0 aromatic heterocycles. The zero-order valence-electron chi connectivity index (χ0n) is 15.5. The zero-order valence-corrected chi connectivity index (χ0v) is 16.3. The SMILES string of the molecule is CC(=O)c1ccc(N2CCN(CCS(=O)(=O)c3cccc(N)c3)CC2)cc1. The quantitative estimate of drug-likeness (QED) is 0.603. The number of nitrogen functional groups attached to an aromatic ring is 1. The zero-order chi connectivity index (χ0) is 19.4. The van der Waals surface area contributed by atoms with Gasteiger partial charge in [0.2, 0.25) is 0 Å². The average molecular weight is 388 g/mol. The second kappa shape index (κ2) is 8.10. The number of piperazine rings is 1. The number of hydrogen-bond acceptors (Lipinski definition) is 6. The molecule has 1 heterocycles. The van der Waals surface area contributed by atoms with Crippen LogP contribution in [0.2, 0.25) is 0 Å². The Morgan fingerprint density at radius 1 is 1.04 bits per heavy atom. The van der Waals surface area contributed by atoms with E-state index in [2.05, 4.69) is 9.80 Å². The van der Waals surface area contributed by atoms with Gasteiger partial charge in [-0.3, -0.25) is 9.69 Å². The number of nitrogens with two attached hydrogens (primary N) is 1. The van der Waals surface area contributed by atoms with Crippen LogP contribution in [-0.2, 0) is 9.84 Å². The van der Waals surface area contributed by atoms with Crippen LogP contribution in [0, 0.1) is 0 Å². The van der Waals surface area contributed by atoms with E-state index in [-0.39, 0.29) is 16.4 Å². The molecular formula is C20H25N3O3S. The molecule has 0 bridgehead atoms. The van der Waals surface area contributed by atoms with E-state index in [0.717, 1.165) is 31.9 Å². The van der Waals surface area contributed by atoms with E-state index in [1.165, 1.54) is 6.07 Å². The maximum Gasteiger partial charge on any atom is 0.179 e. The second-order valence-electron chi connectivity index (χ2n) is 6.82. The molecule has 0 aliphatic carbocycles. The summed E-state index contributed by atoms with van der Waals surface area (Å²) in [5.41, 5.74) is 7.95. The Kier molecular flexibility index (Phi) is 5.82. The van der Waals surface area contributed by atoms with Crippen LogP contribution >= 0.6 is 0 Å². The third-order valence-corrected chi connectivity index (χ3v) is 6.60. The smallest absolute Gasteiger partial charge is 0.179 e. The molecule has 0 atom stereocenters. The van der Waals surface area contributed by atoms with E-state index in [9.17, 15) is 13.2 Å². The molecule has 27 heavy (non-hydrogen) atoms. The van der Waals surface area contributed by atoms with Gasteiger partial charge in [-0.2, -0.15) is 0 Å². The van der Waals surface area contributed by atoms with Gasteiger partial charge in [-0.1, -0.05) is 6.07 Å². The van der Waals surface area contributed by atoms with Crippen LogP contribution in [0.15, 0.2) is 53.4 Å². The number of hydrogen-bond donors (Lipinski definition) is 1. The number of anilines is 2. The van der Waals surface area contributed by atoms with Crippen molar-refractivity contribution in [3.05, 3.63) is 54.1 Å². The monoisotopic (exact) mass is 387 g/mol. The van der Waals surface area contributed by atoms with Crippen molar-refractivity contribution in [1.29, 1.82) is 0 Å². The van der Waals surface area contributed by atoms with Crippen LogP contribution in [0.1, 0.15) is 17.3 Å². The van der Waals surface area contributed by atoms with Crippen molar-refractivity contribution in [2.24, 2.45) is 0 Å². The fourth-order valence-corrected chi connectivity index (χ4v) is 4.55. The van der Waals surface area contributed by atoms with E-state index in [0.29, 0.717) is 17.8 Å². The number of sulfone groups is 1. The minimum absolute atomic E-state index is 0.0627. The predicted molar refractivity (Wildman–Crippen MR) is 108 cm³/mol. The number of Topliss-reactive ketones (excluding diaryl/α,β-unsaturated/α-hetero) is 1. The first kappa shape index (κ1) is 19.4. The molecule has 1 saturated heterocycles. The molecule has 0 radical (unpaired) electrons. The average Bonchev–Trinajstić information content (AvgIpc) is 2.67. The summed E-state index contributed by atoms with van der Waals surface area (Å²) in [6, 6.07) is 14.1. The van der Waals surface area contributed by atoms with Crippen molar-refractivity contribution in [3.63, 3.8) is 0 Å². The van der Waals surface area contributed by atoms with Crippen LogP contribution in [0.25, 0.3) is 0 Å². The number of nitrogens with zero attached hydrogens (tertiary/aromatic N) is 2. The van der Waals surface area contributed by atoms with Crippen molar-refractivity contribution in [3.8, 4) is 0 Å². The van der Waals surface area contributed by atoms with Crippen molar-refractivity contribution in [2.75, 3.05) is 49.1 Å². The molecule has 1 fully saturated rings. The van der Waals surface area contributed by atoms with Crippen molar-refractivity contribution >= 4 is 27.0 Å². The summed E-state index contributed by atoms with van der Waals surface area (Å²) < 4.78 is 25.0. The lowest BCUT2D eigenvalue weighted by Crippen LogP contribution is -2.47. The second-order valence-corrected chi connectivity index (χ2v) is 8.93. The highest BCUT2D eigenvalue weighted by atomic mass is 32.2. The first-order chi connectivity index (χ1) is 12.8. The van der Waals surface area contributed by atoms with Gasteiger partial charge in [0.05, 0.1) is 10.6 Å². The van der Waals surface area contributed by atoms with E-state index in [4.69, 9.17) is 5.73 Å². The molecule has 0 amide bonds. The van der Waals surface area contributed by atoms with Crippen molar-refractivity contribution < 1.29 is 13.2 Å². The number of rotatable bonds is 6. The van der Waals surface area contributed by atoms with Gasteiger partial charge in [0.25, 0.3) is 0 Å². The number of benzene rings is 2. The largest absolute Gasteiger partial charge is 0.399 e. The van der Waals surface area contributed by atoms with Crippen LogP contribution in [0.5, 0.6) is 0 Å². The minimum Gasteiger partial charge on any atom is -0.399 e. The van der Waals surface area contributed by atoms with E-state index in [1.54, 1.807) is 25.1 Å². The van der Waals surface area contributed by atoms with Gasteiger partial charge in [-0.05, 0) is 49.4 Å². The first-order valence-corrected chi connectivity index (χ1v) is 10.7. The summed E-state index contributed by atoms with van der Waals surface area (Å²) in [4.78, 5) is 16.1. The van der Waals surface area contributed by atoms with Crippen molar-refractivity contribution in [1.82, 2.24) is 4.90 Å². The first-order valence-electron chi connectivity index (χ1n) is 9.02. The molecule has 2 aromatic carbocycles. The fraction of sp³-hybridized carbons (Fsp3) is 0.350. The van der Waals surface area contributed by atoms with Crippen LogP contribution in [-0.4, -0.2) is 57.6 Å². The molecule has 2 aromatic rings. The fourth-order valence-electron chi connectivity index (χ4n) is 3.21. The lowest BCUT2D eigenvalue weighted by atomic mass is 10.1. The summed E-state index contributed by atoms with van der Waals surface area (Å²) in [5, 5.41) is 0. The van der Waals surface area contributed by atoms with Crippen LogP contribution in [0.3, 0.4) is 0 Å². The Labute approximate surface area is 160 Å². The highest BCUT2D eigenvalue weighted by Crippen LogP contribution is 2.19. The van der Waals surface area contributed by atoms with E-state index < -0.39 is 9.84 Å². The van der Waals surface area contributed by atoms with Gasteiger partial charge in [-0.15, -0.1) is 0 Å². The highest BCUT2D eigenvalue weighted by molar-refractivity contribution is 7.91. The molecule has 7 heteroatoms. The van der Waals surface area contributed by atoms with E-state index in [1.807, 2.05) is 24.3 Å². The number of carbonyl (C=O) groups is 1. The Bertz CT molecular complexity index is 902. The predicted octanol–water partition coefficient (Wildman–Crippen LogP) is 2.07. The maximum atomic E-state index is 12.5. The van der Waals surface area contributed by atoms with Gasteiger partial charge >= 0.3 is 0 Å². The van der Waals surface area contributed by atoms with Gasteiger partial charge in [0, 0.05) is 49.7 Å². The Morgan fingerprint density at radius 3 is 2.30 bits per heavy atom. The Morgan fingerprint density at radius 2 is 1.70 bits per heavy atom. The molecular weight excluding hydrogens is 362 g/mol. The Balaban J connectivity index is 1.53.